The van der Waals surface area contributed by atoms with Gasteiger partial charge in [-0.3, -0.25) is 6.08 Å². The quantitative estimate of drug-likeness (QED) is 0.154. The summed E-state index contributed by atoms with van der Waals surface area (Å²) in [5.41, 5.74) is 11.7. The molecular formula is C62H66Cl2Zr-2. The minimum atomic E-state index is 0. The van der Waals surface area contributed by atoms with Crippen LogP contribution in [0.3, 0.4) is 0 Å². The molecule has 0 saturated heterocycles. The van der Waals surface area contributed by atoms with E-state index < -0.39 is 0 Å². The second kappa shape index (κ2) is 19.5. The van der Waals surface area contributed by atoms with E-state index in [0.717, 1.165) is 23.7 Å². The minimum Gasteiger partial charge on any atom is -1.00 e. The van der Waals surface area contributed by atoms with Gasteiger partial charge in [0.15, 0.2) is 0 Å². The SMILES string of the molecule is CC(C)(C)c1cc2c(cc1-c1ccccc1)[cH-]c1cc(-c3ccccc3)c(C(C)(C)C)cc12.CC1[C-]=CC(C2(C)C3CC4CC(C3)CC2C4)=C1.C[C](=[Zr+2])c1ccc2ccccc2c1.[Cl-].[Cl-]. The molecule has 7 aromatic rings. The molecule has 0 heterocycles. The zero-order valence-corrected chi connectivity index (χ0v) is 44.0. The zero-order valence-electron chi connectivity index (χ0n) is 40.0. The van der Waals surface area contributed by atoms with Crippen molar-refractivity contribution in [3.63, 3.8) is 0 Å². The smallest absolute Gasteiger partial charge is 1.00 e. The van der Waals surface area contributed by atoms with Crippen molar-refractivity contribution in [3.8, 4) is 22.3 Å². The Balaban J connectivity index is 0.000000163. The summed E-state index contributed by atoms with van der Waals surface area (Å²) >= 11 is 1.50. The van der Waals surface area contributed by atoms with Gasteiger partial charge >= 0.3 is 93.2 Å². The Labute approximate surface area is 417 Å². The largest absolute Gasteiger partial charge is 1.00 e. The molecule has 3 heteroatoms. The molecule has 4 fully saturated rings. The van der Waals surface area contributed by atoms with Crippen LogP contribution in [0, 0.1) is 41.1 Å². The molecule has 334 valence electrons. The van der Waals surface area contributed by atoms with Crippen LogP contribution in [0.25, 0.3) is 54.6 Å². The van der Waals surface area contributed by atoms with E-state index in [-0.39, 0.29) is 35.6 Å². The van der Waals surface area contributed by atoms with E-state index in [1.807, 2.05) is 0 Å². The van der Waals surface area contributed by atoms with Crippen molar-refractivity contribution in [2.45, 2.75) is 105 Å². The van der Waals surface area contributed by atoms with Gasteiger partial charge in [0.2, 0.25) is 0 Å². The predicted octanol–water partition coefficient (Wildman–Crippen LogP) is 11.0. The van der Waals surface area contributed by atoms with Crippen molar-refractivity contribution in [1.29, 1.82) is 0 Å². The van der Waals surface area contributed by atoms with Crippen molar-refractivity contribution in [2.75, 3.05) is 0 Å². The average Bonchev–Trinajstić information content (AvgIpc) is 3.87. The maximum Gasteiger partial charge on any atom is -1.00 e. The van der Waals surface area contributed by atoms with Gasteiger partial charge < -0.3 is 24.8 Å². The van der Waals surface area contributed by atoms with E-state index in [1.54, 1.807) is 12.0 Å². The van der Waals surface area contributed by atoms with Gasteiger partial charge in [-0.25, -0.2) is 6.08 Å². The van der Waals surface area contributed by atoms with Gasteiger partial charge in [0.05, 0.1) is 0 Å². The normalized spacial score (nSPS) is 22.9. The number of rotatable bonds is 4. The summed E-state index contributed by atoms with van der Waals surface area (Å²) in [6.07, 6.45) is 15.9. The monoisotopic (exact) mass is 970 g/mol. The van der Waals surface area contributed by atoms with Crippen molar-refractivity contribution in [1.82, 2.24) is 0 Å². The van der Waals surface area contributed by atoms with E-state index in [9.17, 15) is 0 Å². The van der Waals surface area contributed by atoms with Gasteiger partial charge in [-0.15, -0.1) is 39.7 Å². The molecule has 4 bridgehead atoms. The molecule has 0 N–H and O–H groups in total. The third-order valence-corrected chi connectivity index (χ3v) is 16.0. The van der Waals surface area contributed by atoms with Crippen molar-refractivity contribution in [2.24, 2.45) is 35.0 Å². The van der Waals surface area contributed by atoms with Gasteiger partial charge in [0, 0.05) is 0 Å². The molecular weight excluding hydrogens is 907 g/mol. The molecule has 4 saturated carbocycles. The maximum absolute atomic E-state index is 3.49. The Morgan fingerprint density at radius 2 is 1.06 bits per heavy atom. The van der Waals surface area contributed by atoms with E-state index in [2.05, 4.69) is 214 Å². The fourth-order valence-corrected chi connectivity index (χ4v) is 12.4. The third kappa shape index (κ3) is 9.97. The molecule has 0 spiro atoms. The molecule has 12 rings (SSSR count). The molecule has 0 radical (unpaired) electrons. The van der Waals surface area contributed by atoms with Crippen molar-refractivity contribution >= 4 is 35.5 Å². The summed E-state index contributed by atoms with van der Waals surface area (Å²) in [5, 5.41) is 8.02. The van der Waals surface area contributed by atoms with Crippen LogP contribution >= 0.6 is 0 Å². The predicted molar refractivity (Wildman–Crippen MR) is 269 cm³/mol. The molecule has 0 aromatic heterocycles. The van der Waals surface area contributed by atoms with Crippen LogP contribution in [-0.2, 0) is 35.1 Å². The van der Waals surface area contributed by atoms with Gasteiger partial charge in [-0.05, 0) is 100.0 Å². The molecule has 7 aromatic carbocycles. The number of hydrogen-bond donors (Lipinski definition) is 0. The fraction of sp³-hybridized carbons (Fsp3) is 0.355. The fourth-order valence-electron chi connectivity index (χ4n) is 12.0. The van der Waals surface area contributed by atoms with E-state index in [0.29, 0.717) is 11.3 Å². The first-order valence-electron chi connectivity index (χ1n) is 23.7. The van der Waals surface area contributed by atoms with Crippen LogP contribution in [0.2, 0.25) is 0 Å². The number of fused-ring (bicyclic) bond motifs is 4. The topological polar surface area (TPSA) is 0 Å². The first kappa shape index (κ1) is 49.2. The molecule has 5 aliphatic carbocycles. The van der Waals surface area contributed by atoms with Gasteiger partial charge in [0.1, 0.15) is 0 Å². The number of hydrogen-bond acceptors (Lipinski definition) is 0. The summed E-state index contributed by atoms with van der Waals surface area (Å²) in [6.45, 7) is 20.9. The van der Waals surface area contributed by atoms with Crippen molar-refractivity contribution < 1.29 is 49.0 Å². The Morgan fingerprint density at radius 1 is 0.600 bits per heavy atom. The Bertz CT molecular complexity index is 2720. The first-order valence-corrected chi connectivity index (χ1v) is 25.0. The Morgan fingerprint density at radius 3 is 1.49 bits per heavy atom. The van der Waals surface area contributed by atoms with Crippen LogP contribution in [0.1, 0.15) is 111 Å². The maximum atomic E-state index is 3.49. The van der Waals surface area contributed by atoms with Crippen molar-refractivity contribution in [3.05, 3.63) is 174 Å². The summed E-state index contributed by atoms with van der Waals surface area (Å²) < 4.78 is 1.46. The van der Waals surface area contributed by atoms with E-state index in [4.69, 9.17) is 0 Å². The molecule has 65 heavy (non-hydrogen) atoms. The third-order valence-electron chi connectivity index (χ3n) is 15.3. The van der Waals surface area contributed by atoms with Crippen LogP contribution in [0.5, 0.6) is 0 Å². The summed E-state index contributed by atoms with van der Waals surface area (Å²) in [4.78, 5) is 0. The summed E-state index contributed by atoms with van der Waals surface area (Å²) in [5.74, 6) is 4.68. The minimum absolute atomic E-state index is 0. The molecule has 5 aliphatic rings. The summed E-state index contributed by atoms with van der Waals surface area (Å²) in [7, 11) is 0. The Kier molecular flexibility index (Phi) is 14.7. The second-order valence-electron chi connectivity index (χ2n) is 21.8. The number of halogens is 2. The standard InChI is InChI=1S/C33H33.C17H23.C12H10.2ClH.Zr/c1-32(2,3)30-20-26-24(18-28(30)22-13-9-7-10-14-22)17-25-19-29(23-15-11-8-12-16-23)31(21-27(25)26)33(4,5)6;1-11-3-4-14(5-11)17(2)15-7-12-6-13(9-15)10-16(17)8-12;1-2-10-7-8-11-5-3-4-6-12(11)9-10;;;/h7-21H,1-6H3;4-5,11-13,15-16H,6-10H2,1-2H3;3-9H,1H3;2*1H;/q2*-1;;;;+2/p-2. The second-order valence-corrected chi connectivity index (χ2v) is 23.7. The van der Waals surface area contributed by atoms with Crippen LogP contribution in [-0.4, -0.2) is 3.21 Å². The van der Waals surface area contributed by atoms with E-state index in [1.165, 1.54) is 124 Å². The molecule has 1 unspecified atom stereocenters. The van der Waals surface area contributed by atoms with Gasteiger partial charge in [0.25, 0.3) is 0 Å². The number of allylic oxidation sites excluding steroid dienone is 4. The van der Waals surface area contributed by atoms with Gasteiger partial charge in [-0.1, -0.05) is 140 Å². The van der Waals surface area contributed by atoms with E-state index >= 15 is 0 Å². The van der Waals surface area contributed by atoms with Gasteiger partial charge in [-0.2, -0.15) is 11.6 Å². The average molecular weight is 973 g/mol. The first-order chi connectivity index (χ1) is 30.1. The zero-order chi connectivity index (χ0) is 44.3. The molecule has 0 amide bonds. The molecule has 0 aliphatic heterocycles. The van der Waals surface area contributed by atoms with Crippen LogP contribution < -0.4 is 24.8 Å². The molecule has 1 atom stereocenters. The Hall–Kier alpha value is -3.74. The van der Waals surface area contributed by atoms with Crippen LogP contribution in [0.15, 0.2) is 151 Å². The molecule has 0 nitrogen and oxygen atoms in total. The summed E-state index contributed by atoms with van der Waals surface area (Å²) in [6, 6.07) is 48.9. The number of benzene rings is 6. The van der Waals surface area contributed by atoms with Crippen LogP contribution in [0.4, 0.5) is 0 Å².